The van der Waals surface area contributed by atoms with Crippen molar-refractivity contribution in [1.29, 1.82) is 0 Å². The molecule has 1 heterocycles. The molecule has 0 aliphatic carbocycles. The number of alkyl halides is 6. The number of hydrogen-bond donors (Lipinski definition) is 1. The molecule has 0 aromatic rings. The van der Waals surface area contributed by atoms with Gasteiger partial charge in [0, 0.05) is 0 Å². The zero-order valence-corrected chi connectivity index (χ0v) is 9.49. The lowest BCUT2D eigenvalue weighted by Crippen LogP contribution is -2.60. The normalized spacial score (nSPS) is 26.6. The SMILES string of the molecule is CC1SC(C(F)(F)Cl)(C(F)(F)Cl)NC1=O. The van der Waals surface area contributed by atoms with Crippen molar-refractivity contribution in [2.24, 2.45) is 0 Å². The van der Waals surface area contributed by atoms with E-state index in [1.54, 1.807) is 0 Å². The second-order valence-corrected chi connectivity index (χ2v) is 5.43. The predicted molar refractivity (Wildman–Crippen MR) is 49.5 cm³/mol. The minimum atomic E-state index is -4.36. The van der Waals surface area contributed by atoms with Crippen LogP contribution in [0.25, 0.3) is 0 Å². The fraction of sp³-hybridized carbons (Fsp3) is 0.833. The number of rotatable bonds is 2. The molecule has 88 valence electrons. The summed E-state index contributed by atoms with van der Waals surface area (Å²) >= 11 is 9.17. The molecule has 1 aliphatic rings. The summed E-state index contributed by atoms with van der Waals surface area (Å²) in [5.41, 5.74) is 0. The fourth-order valence-corrected chi connectivity index (χ4v) is 2.83. The van der Waals surface area contributed by atoms with Gasteiger partial charge in [-0.05, 0) is 30.1 Å². The van der Waals surface area contributed by atoms with Crippen molar-refractivity contribution in [2.75, 3.05) is 0 Å². The van der Waals surface area contributed by atoms with E-state index in [4.69, 9.17) is 0 Å². The van der Waals surface area contributed by atoms with E-state index in [2.05, 4.69) is 23.2 Å². The Balaban J connectivity index is 3.18. The van der Waals surface area contributed by atoms with Gasteiger partial charge >= 0.3 is 10.8 Å². The summed E-state index contributed by atoms with van der Waals surface area (Å²) in [6.45, 7) is 1.20. The standard InChI is InChI=1S/C6H5Cl2F4NOS/c1-2-3(14)13-4(15-2,5(7,9)10)6(8,11)12/h2H,1H3,(H,13,14). The van der Waals surface area contributed by atoms with Crippen LogP contribution in [-0.2, 0) is 4.79 Å². The summed E-state index contributed by atoms with van der Waals surface area (Å²) in [4.78, 5) is 7.66. The minimum Gasteiger partial charge on any atom is -0.328 e. The van der Waals surface area contributed by atoms with E-state index < -0.39 is 26.8 Å². The van der Waals surface area contributed by atoms with E-state index in [0.29, 0.717) is 0 Å². The van der Waals surface area contributed by atoms with Gasteiger partial charge in [-0.2, -0.15) is 17.6 Å². The van der Waals surface area contributed by atoms with Crippen LogP contribution in [0.15, 0.2) is 0 Å². The molecule has 1 fully saturated rings. The minimum absolute atomic E-state index is 0.0104. The van der Waals surface area contributed by atoms with Crippen LogP contribution in [0.1, 0.15) is 6.92 Å². The highest BCUT2D eigenvalue weighted by Gasteiger charge is 2.72. The molecule has 0 aromatic carbocycles. The third kappa shape index (κ3) is 2.01. The van der Waals surface area contributed by atoms with Crippen LogP contribution in [0.4, 0.5) is 17.6 Å². The molecule has 2 nitrogen and oxygen atoms in total. The predicted octanol–water partition coefficient (Wildman–Crippen LogP) is 2.60. The lowest BCUT2D eigenvalue weighted by molar-refractivity contribution is -0.127. The number of amides is 1. The van der Waals surface area contributed by atoms with Crippen molar-refractivity contribution in [1.82, 2.24) is 5.32 Å². The van der Waals surface area contributed by atoms with E-state index in [1.165, 1.54) is 12.2 Å². The molecule has 0 saturated carbocycles. The number of halogens is 6. The molecule has 0 spiro atoms. The number of hydrogen-bond acceptors (Lipinski definition) is 2. The Morgan fingerprint density at radius 2 is 1.73 bits per heavy atom. The van der Waals surface area contributed by atoms with Gasteiger partial charge in [-0.25, -0.2) is 0 Å². The van der Waals surface area contributed by atoms with Crippen molar-refractivity contribution >= 4 is 40.9 Å². The van der Waals surface area contributed by atoms with Gasteiger partial charge < -0.3 is 5.32 Å². The van der Waals surface area contributed by atoms with Crippen LogP contribution < -0.4 is 5.32 Å². The maximum atomic E-state index is 12.9. The second kappa shape index (κ2) is 3.56. The van der Waals surface area contributed by atoms with Gasteiger partial charge in [-0.3, -0.25) is 4.79 Å². The summed E-state index contributed by atoms with van der Waals surface area (Å²) in [7, 11) is 0. The average molecular weight is 286 g/mol. The monoisotopic (exact) mass is 285 g/mol. The first-order valence-corrected chi connectivity index (χ1v) is 5.28. The lowest BCUT2D eigenvalue weighted by atomic mass is 10.3. The van der Waals surface area contributed by atoms with Crippen LogP contribution >= 0.6 is 35.0 Å². The molecule has 15 heavy (non-hydrogen) atoms. The van der Waals surface area contributed by atoms with Crippen LogP contribution in [0.3, 0.4) is 0 Å². The van der Waals surface area contributed by atoms with E-state index in [1.807, 2.05) is 0 Å². The highest BCUT2D eigenvalue weighted by molar-refractivity contribution is 8.02. The third-order valence-electron chi connectivity index (χ3n) is 1.82. The van der Waals surface area contributed by atoms with Gasteiger partial charge in [0.2, 0.25) is 10.8 Å². The molecule has 1 aliphatic heterocycles. The van der Waals surface area contributed by atoms with Crippen molar-refractivity contribution < 1.29 is 22.4 Å². The molecule has 1 rings (SSSR count). The number of thioether (sulfide) groups is 1. The van der Waals surface area contributed by atoms with Crippen LogP contribution in [-0.4, -0.2) is 26.8 Å². The number of nitrogens with one attached hydrogen (secondary N) is 1. The number of carbonyl (C=O) groups is 1. The molecule has 1 atom stereocenters. The summed E-state index contributed by atoms with van der Waals surface area (Å²) < 4.78 is 51.6. The second-order valence-electron chi connectivity index (χ2n) is 2.93. The molecule has 0 radical (unpaired) electrons. The Labute approximate surface area is 96.7 Å². The summed E-state index contributed by atoms with van der Waals surface area (Å²) in [5.74, 6) is -0.958. The molecule has 1 N–H and O–H groups in total. The Morgan fingerprint density at radius 3 is 1.87 bits per heavy atom. The van der Waals surface area contributed by atoms with Crippen molar-refractivity contribution in [2.45, 2.75) is 27.8 Å². The van der Waals surface area contributed by atoms with Gasteiger partial charge in [-0.15, -0.1) is 11.8 Å². The molecule has 9 heteroatoms. The third-order valence-corrected chi connectivity index (χ3v) is 4.15. The first kappa shape index (κ1) is 13.2. The van der Waals surface area contributed by atoms with E-state index in [0.717, 1.165) is 0 Å². The van der Waals surface area contributed by atoms with Crippen LogP contribution in [0.2, 0.25) is 0 Å². The first-order chi connectivity index (χ1) is 6.51. The molecule has 0 bridgehead atoms. The molecular weight excluding hydrogens is 281 g/mol. The van der Waals surface area contributed by atoms with E-state index in [9.17, 15) is 22.4 Å². The molecule has 0 aromatic heterocycles. The largest absolute Gasteiger partial charge is 0.361 e. The average Bonchev–Trinajstić information content (AvgIpc) is 2.26. The molecule has 1 unspecified atom stereocenters. The lowest BCUT2D eigenvalue weighted by Gasteiger charge is -2.34. The topological polar surface area (TPSA) is 29.1 Å². The highest BCUT2D eigenvalue weighted by atomic mass is 35.5. The van der Waals surface area contributed by atoms with Gasteiger partial charge in [0.1, 0.15) is 0 Å². The van der Waals surface area contributed by atoms with E-state index in [-0.39, 0.29) is 11.8 Å². The Kier molecular flexibility index (Phi) is 3.13. The Hall–Kier alpha value is 0.120. The van der Waals surface area contributed by atoms with Gasteiger partial charge in [-0.1, -0.05) is 0 Å². The van der Waals surface area contributed by atoms with E-state index >= 15 is 0 Å². The van der Waals surface area contributed by atoms with Crippen molar-refractivity contribution in [3.63, 3.8) is 0 Å². The summed E-state index contributed by atoms with van der Waals surface area (Å²) in [6.07, 6.45) is 0. The number of carbonyl (C=O) groups excluding carboxylic acids is 1. The molecule has 1 amide bonds. The summed E-state index contributed by atoms with van der Waals surface area (Å²) in [5, 5.41) is -8.33. The molecular formula is C6H5Cl2F4NOS. The smallest absolute Gasteiger partial charge is 0.328 e. The van der Waals surface area contributed by atoms with Gasteiger partial charge in [0.05, 0.1) is 5.25 Å². The van der Waals surface area contributed by atoms with Crippen molar-refractivity contribution in [3.8, 4) is 0 Å². The first-order valence-electron chi connectivity index (χ1n) is 3.64. The van der Waals surface area contributed by atoms with Crippen molar-refractivity contribution in [3.05, 3.63) is 0 Å². The zero-order chi connectivity index (χ0) is 12.1. The Bertz CT molecular complexity index is 276. The quantitative estimate of drug-likeness (QED) is 0.624. The fourth-order valence-electron chi connectivity index (χ4n) is 1.06. The molecule has 1 saturated heterocycles. The van der Waals surface area contributed by atoms with Gasteiger partial charge in [0.25, 0.3) is 0 Å². The van der Waals surface area contributed by atoms with Gasteiger partial charge in [0.15, 0.2) is 0 Å². The van der Waals surface area contributed by atoms with Crippen LogP contribution in [0, 0.1) is 0 Å². The zero-order valence-electron chi connectivity index (χ0n) is 7.16. The van der Waals surface area contributed by atoms with Crippen LogP contribution in [0.5, 0.6) is 0 Å². The summed E-state index contributed by atoms with van der Waals surface area (Å²) in [6, 6.07) is 0. The maximum Gasteiger partial charge on any atom is 0.361 e. The maximum absolute atomic E-state index is 12.9. The Morgan fingerprint density at radius 1 is 1.33 bits per heavy atom. The highest BCUT2D eigenvalue weighted by Crippen LogP contribution is 2.56.